The maximum atomic E-state index is 4.75. The average Bonchev–Trinajstić information content (AvgIpc) is 3.10. The first-order valence-corrected chi connectivity index (χ1v) is 8.11. The number of aromatic amines is 1. The van der Waals surface area contributed by atoms with E-state index in [2.05, 4.69) is 27.1 Å². The second kappa shape index (κ2) is 6.24. The number of aromatic nitrogens is 4. The van der Waals surface area contributed by atoms with Crippen LogP contribution in [0, 0.1) is 6.92 Å². The van der Waals surface area contributed by atoms with Crippen LogP contribution in [0.2, 0.25) is 0 Å². The van der Waals surface area contributed by atoms with Crippen molar-refractivity contribution in [2.75, 3.05) is 0 Å². The molecule has 0 unspecified atom stereocenters. The van der Waals surface area contributed by atoms with E-state index in [1.165, 1.54) is 0 Å². The van der Waals surface area contributed by atoms with Gasteiger partial charge in [0, 0.05) is 6.42 Å². The van der Waals surface area contributed by atoms with Crippen LogP contribution in [0.4, 0.5) is 0 Å². The third-order valence-corrected chi connectivity index (χ3v) is 4.15. The fourth-order valence-corrected chi connectivity index (χ4v) is 2.85. The Kier molecular flexibility index (Phi) is 3.79. The van der Waals surface area contributed by atoms with Gasteiger partial charge in [0.1, 0.15) is 5.82 Å². The van der Waals surface area contributed by atoms with Crippen molar-refractivity contribution < 1.29 is 0 Å². The highest BCUT2D eigenvalue weighted by Gasteiger charge is 2.08. The molecule has 4 aromatic rings. The van der Waals surface area contributed by atoms with Crippen molar-refractivity contribution in [2.24, 2.45) is 0 Å². The molecule has 24 heavy (non-hydrogen) atoms. The van der Waals surface area contributed by atoms with Gasteiger partial charge in [-0.3, -0.25) is 0 Å². The maximum Gasteiger partial charge on any atom is 0.106 e. The Morgan fingerprint density at radius 1 is 0.833 bits per heavy atom. The second-order valence-electron chi connectivity index (χ2n) is 5.85. The molecule has 0 amide bonds. The van der Waals surface area contributed by atoms with Gasteiger partial charge < -0.3 is 4.98 Å². The normalized spacial score (nSPS) is 11.0. The molecule has 4 nitrogen and oxygen atoms in total. The average molecular weight is 314 g/mol. The SMILES string of the molecule is Cc1nc2ccccc2nc1CCc1ncc(-c2ccccc2)[nH]1. The zero-order valence-electron chi connectivity index (χ0n) is 13.5. The van der Waals surface area contributed by atoms with E-state index in [-0.39, 0.29) is 0 Å². The van der Waals surface area contributed by atoms with E-state index in [0.29, 0.717) is 0 Å². The van der Waals surface area contributed by atoms with Crippen molar-refractivity contribution in [3.63, 3.8) is 0 Å². The van der Waals surface area contributed by atoms with Gasteiger partial charge in [-0.05, 0) is 31.0 Å². The zero-order chi connectivity index (χ0) is 16.4. The van der Waals surface area contributed by atoms with Gasteiger partial charge in [-0.25, -0.2) is 15.0 Å². The van der Waals surface area contributed by atoms with Gasteiger partial charge in [-0.1, -0.05) is 42.5 Å². The van der Waals surface area contributed by atoms with Gasteiger partial charge in [-0.2, -0.15) is 0 Å². The van der Waals surface area contributed by atoms with Crippen molar-refractivity contribution in [1.29, 1.82) is 0 Å². The minimum atomic E-state index is 0.820. The third-order valence-electron chi connectivity index (χ3n) is 4.15. The van der Waals surface area contributed by atoms with Crippen LogP contribution in [0.15, 0.2) is 60.8 Å². The lowest BCUT2D eigenvalue weighted by atomic mass is 10.1. The van der Waals surface area contributed by atoms with E-state index >= 15 is 0 Å². The Morgan fingerprint density at radius 2 is 1.54 bits per heavy atom. The molecule has 4 heteroatoms. The largest absolute Gasteiger partial charge is 0.342 e. The van der Waals surface area contributed by atoms with E-state index in [1.807, 2.05) is 55.6 Å². The maximum absolute atomic E-state index is 4.75. The molecule has 4 rings (SSSR count). The van der Waals surface area contributed by atoms with Crippen LogP contribution in [0.3, 0.4) is 0 Å². The Hall–Kier alpha value is -3.01. The highest BCUT2D eigenvalue weighted by atomic mass is 14.9. The number of nitrogens with zero attached hydrogens (tertiary/aromatic N) is 3. The molecule has 0 spiro atoms. The first-order valence-electron chi connectivity index (χ1n) is 8.11. The number of para-hydroxylation sites is 2. The Bertz CT molecular complexity index is 973. The minimum absolute atomic E-state index is 0.820. The van der Waals surface area contributed by atoms with Crippen LogP contribution in [-0.4, -0.2) is 19.9 Å². The summed E-state index contributed by atoms with van der Waals surface area (Å²) in [5, 5.41) is 0. The predicted octanol–water partition coefficient (Wildman–Crippen LogP) is 4.11. The standard InChI is InChI=1S/C20H18N4/c1-14-16(23-18-10-6-5-9-17(18)22-14)11-12-20-21-13-19(24-20)15-7-3-2-4-8-15/h2-10,13H,11-12H2,1H3,(H,21,24). The Balaban J connectivity index is 1.53. The molecule has 0 saturated heterocycles. The summed E-state index contributed by atoms with van der Waals surface area (Å²) in [6.07, 6.45) is 3.54. The van der Waals surface area contributed by atoms with E-state index in [9.17, 15) is 0 Å². The number of benzene rings is 2. The topological polar surface area (TPSA) is 54.5 Å². The minimum Gasteiger partial charge on any atom is -0.342 e. The summed E-state index contributed by atoms with van der Waals surface area (Å²) in [4.78, 5) is 17.3. The second-order valence-corrected chi connectivity index (χ2v) is 5.85. The lowest BCUT2D eigenvalue weighted by molar-refractivity contribution is 0.844. The predicted molar refractivity (Wildman–Crippen MR) is 95.7 cm³/mol. The Labute approximate surface area is 140 Å². The molecule has 0 aliphatic carbocycles. The summed E-state index contributed by atoms with van der Waals surface area (Å²) in [5.41, 5.74) is 6.12. The molecular formula is C20H18N4. The fraction of sp³-hybridized carbons (Fsp3) is 0.150. The molecule has 118 valence electrons. The van der Waals surface area contributed by atoms with Crippen molar-refractivity contribution >= 4 is 11.0 Å². The molecule has 0 aliphatic rings. The molecule has 1 N–H and O–H groups in total. The van der Waals surface area contributed by atoms with Gasteiger partial charge in [0.25, 0.3) is 0 Å². The van der Waals surface area contributed by atoms with E-state index < -0.39 is 0 Å². The number of hydrogen-bond donors (Lipinski definition) is 1. The van der Waals surface area contributed by atoms with E-state index in [4.69, 9.17) is 4.98 Å². The van der Waals surface area contributed by atoms with Crippen molar-refractivity contribution in [3.8, 4) is 11.3 Å². The third kappa shape index (κ3) is 2.91. The van der Waals surface area contributed by atoms with Gasteiger partial charge in [0.15, 0.2) is 0 Å². The summed E-state index contributed by atoms with van der Waals surface area (Å²) >= 11 is 0. The molecule has 0 atom stereocenters. The molecule has 2 heterocycles. The molecule has 0 radical (unpaired) electrons. The van der Waals surface area contributed by atoms with Gasteiger partial charge in [0.05, 0.1) is 34.3 Å². The number of imidazole rings is 1. The highest BCUT2D eigenvalue weighted by molar-refractivity contribution is 5.74. The number of fused-ring (bicyclic) bond motifs is 1. The fourth-order valence-electron chi connectivity index (χ4n) is 2.85. The molecule has 2 aromatic carbocycles. The number of aryl methyl sites for hydroxylation is 3. The summed E-state index contributed by atoms with van der Waals surface area (Å²) < 4.78 is 0. The summed E-state index contributed by atoms with van der Waals surface area (Å²) in [7, 11) is 0. The highest BCUT2D eigenvalue weighted by Crippen LogP contribution is 2.17. The van der Waals surface area contributed by atoms with Crippen LogP contribution in [0.5, 0.6) is 0 Å². The molecular weight excluding hydrogens is 296 g/mol. The molecule has 0 bridgehead atoms. The molecule has 0 fully saturated rings. The number of H-pyrrole nitrogens is 1. The zero-order valence-corrected chi connectivity index (χ0v) is 13.5. The van der Waals surface area contributed by atoms with Crippen LogP contribution in [0.1, 0.15) is 17.2 Å². The molecule has 0 aliphatic heterocycles. The summed E-state index contributed by atoms with van der Waals surface area (Å²) in [6.45, 7) is 2.02. The van der Waals surface area contributed by atoms with Gasteiger partial charge in [-0.15, -0.1) is 0 Å². The van der Waals surface area contributed by atoms with Crippen LogP contribution in [-0.2, 0) is 12.8 Å². The monoisotopic (exact) mass is 314 g/mol. The smallest absolute Gasteiger partial charge is 0.106 e. The summed E-state index contributed by atoms with van der Waals surface area (Å²) in [5.74, 6) is 0.975. The lowest BCUT2D eigenvalue weighted by Gasteiger charge is -2.05. The first kappa shape index (κ1) is 14.6. The number of rotatable bonds is 4. The van der Waals surface area contributed by atoms with E-state index in [1.54, 1.807) is 0 Å². The van der Waals surface area contributed by atoms with Crippen molar-refractivity contribution in [1.82, 2.24) is 19.9 Å². The van der Waals surface area contributed by atoms with E-state index in [0.717, 1.165) is 52.3 Å². The van der Waals surface area contributed by atoms with Crippen LogP contribution >= 0.6 is 0 Å². The molecule has 0 saturated carbocycles. The number of hydrogen-bond acceptors (Lipinski definition) is 3. The summed E-state index contributed by atoms with van der Waals surface area (Å²) in [6, 6.07) is 18.2. The van der Waals surface area contributed by atoms with Gasteiger partial charge in [0.2, 0.25) is 0 Å². The number of nitrogens with one attached hydrogen (secondary N) is 1. The lowest BCUT2D eigenvalue weighted by Crippen LogP contribution is -2.01. The van der Waals surface area contributed by atoms with Crippen LogP contribution in [0.25, 0.3) is 22.3 Å². The van der Waals surface area contributed by atoms with Gasteiger partial charge >= 0.3 is 0 Å². The molecule has 2 aromatic heterocycles. The Morgan fingerprint density at radius 3 is 2.33 bits per heavy atom. The quantitative estimate of drug-likeness (QED) is 0.616. The first-order chi connectivity index (χ1) is 11.8. The van der Waals surface area contributed by atoms with Crippen molar-refractivity contribution in [2.45, 2.75) is 19.8 Å². The van der Waals surface area contributed by atoms with Crippen molar-refractivity contribution in [3.05, 3.63) is 78.0 Å². The van der Waals surface area contributed by atoms with Crippen LogP contribution < -0.4 is 0 Å².